The molecule has 0 saturated carbocycles. The van der Waals surface area contributed by atoms with Gasteiger partial charge in [-0.25, -0.2) is 0 Å². The Hall–Kier alpha value is -2.67. The van der Waals surface area contributed by atoms with Gasteiger partial charge >= 0.3 is 0 Å². The molecule has 0 atom stereocenters. The van der Waals surface area contributed by atoms with Crippen molar-refractivity contribution < 1.29 is 0 Å². The van der Waals surface area contributed by atoms with E-state index in [1.54, 1.807) is 0 Å². The van der Waals surface area contributed by atoms with Gasteiger partial charge in [-0.15, -0.1) is 0 Å². The van der Waals surface area contributed by atoms with Crippen LogP contribution in [0.4, 0.5) is 45.5 Å². The molecule has 4 nitrogen and oxygen atoms in total. The normalized spacial score (nSPS) is 12.1. The van der Waals surface area contributed by atoms with E-state index in [9.17, 15) is 0 Å². The fourth-order valence-corrected chi connectivity index (χ4v) is 4.88. The second-order valence-electron chi connectivity index (χ2n) is 7.80. The summed E-state index contributed by atoms with van der Waals surface area (Å²) < 4.78 is 2.06. The van der Waals surface area contributed by atoms with Crippen molar-refractivity contribution in [2.45, 2.75) is 13.3 Å². The van der Waals surface area contributed by atoms with E-state index in [0.29, 0.717) is 5.02 Å². The highest BCUT2D eigenvalue weighted by Gasteiger charge is 2.29. The van der Waals surface area contributed by atoms with Crippen LogP contribution in [0.15, 0.2) is 81.7 Å². The topological polar surface area (TPSA) is 53.3 Å². The van der Waals surface area contributed by atoms with Gasteiger partial charge in [0.25, 0.3) is 0 Å². The summed E-state index contributed by atoms with van der Waals surface area (Å²) in [4.78, 5) is 2.20. The third-order valence-electron chi connectivity index (χ3n) is 5.70. The molecule has 5 rings (SSSR count). The first-order valence-corrected chi connectivity index (χ1v) is 12.5. The third-order valence-corrected chi connectivity index (χ3v) is 7.00. The van der Waals surface area contributed by atoms with Crippen molar-refractivity contribution in [2.24, 2.45) is 0 Å². The van der Waals surface area contributed by atoms with Crippen LogP contribution in [0.1, 0.15) is 12.5 Å². The molecule has 33 heavy (non-hydrogen) atoms. The first-order chi connectivity index (χ1) is 15.9. The summed E-state index contributed by atoms with van der Waals surface area (Å²) in [5, 5.41) is 7.78. The molecular formula is C26H21Br2ClN4. The fraction of sp³-hybridized carbons (Fsp3) is 0.0769. The minimum absolute atomic E-state index is 0.673. The SMILES string of the molecule is CCc1c(Nc2ccc(Br)cc2)cc2c(c1N)N(c1ccc(Br)cc1)c1ccc(Cl)cc1N2. The van der Waals surface area contributed by atoms with Crippen LogP contribution in [0.5, 0.6) is 0 Å². The molecule has 4 aromatic rings. The summed E-state index contributed by atoms with van der Waals surface area (Å²) in [6.45, 7) is 2.12. The molecule has 0 bridgehead atoms. The first kappa shape index (κ1) is 22.1. The molecule has 1 aliphatic rings. The molecule has 0 fully saturated rings. The molecule has 1 heterocycles. The highest BCUT2D eigenvalue weighted by molar-refractivity contribution is 9.10. The average molecular weight is 585 g/mol. The average Bonchev–Trinajstić information content (AvgIpc) is 2.80. The second kappa shape index (κ2) is 8.93. The van der Waals surface area contributed by atoms with Crippen molar-refractivity contribution in [3.8, 4) is 0 Å². The summed E-state index contributed by atoms with van der Waals surface area (Å²) in [5.41, 5.74) is 15.5. The summed E-state index contributed by atoms with van der Waals surface area (Å²) in [6, 6.07) is 24.3. The third kappa shape index (κ3) is 4.19. The lowest BCUT2D eigenvalue weighted by Crippen LogP contribution is -2.20. The number of hydrogen-bond acceptors (Lipinski definition) is 4. The van der Waals surface area contributed by atoms with E-state index in [2.05, 4.69) is 72.5 Å². The van der Waals surface area contributed by atoms with E-state index in [1.807, 2.05) is 54.6 Å². The summed E-state index contributed by atoms with van der Waals surface area (Å²) in [6.07, 6.45) is 0.791. The number of nitrogen functional groups attached to an aromatic ring is 1. The zero-order valence-corrected chi connectivity index (χ0v) is 21.7. The van der Waals surface area contributed by atoms with E-state index in [0.717, 1.165) is 66.4 Å². The summed E-state index contributed by atoms with van der Waals surface area (Å²) in [7, 11) is 0. The molecular weight excluding hydrogens is 564 g/mol. The molecule has 0 aliphatic carbocycles. The lowest BCUT2D eigenvalue weighted by atomic mass is 10.00. The lowest BCUT2D eigenvalue weighted by molar-refractivity contribution is 1.13. The van der Waals surface area contributed by atoms with Gasteiger partial charge in [-0.05, 0) is 79.2 Å². The molecule has 4 N–H and O–H groups in total. The Morgan fingerprint density at radius 2 is 1.58 bits per heavy atom. The van der Waals surface area contributed by atoms with E-state index in [1.165, 1.54) is 0 Å². The van der Waals surface area contributed by atoms with Crippen molar-refractivity contribution in [1.29, 1.82) is 0 Å². The van der Waals surface area contributed by atoms with Gasteiger partial charge in [-0.2, -0.15) is 0 Å². The predicted molar refractivity (Wildman–Crippen MR) is 148 cm³/mol. The minimum atomic E-state index is 0.673. The van der Waals surface area contributed by atoms with Crippen LogP contribution in [0, 0.1) is 0 Å². The Kier molecular flexibility index (Phi) is 5.99. The molecule has 0 aromatic heterocycles. The molecule has 7 heteroatoms. The van der Waals surface area contributed by atoms with Crippen LogP contribution in [-0.4, -0.2) is 0 Å². The zero-order valence-electron chi connectivity index (χ0n) is 17.8. The molecule has 0 unspecified atom stereocenters. The van der Waals surface area contributed by atoms with Crippen molar-refractivity contribution in [3.05, 3.63) is 92.3 Å². The molecule has 0 saturated heterocycles. The maximum Gasteiger partial charge on any atom is 0.0934 e. The van der Waals surface area contributed by atoms with Gasteiger partial charge < -0.3 is 21.3 Å². The quantitative estimate of drug-likeness (QED) is 0.184. The highest BCUT2D eigenvalue weighted by Crippen LogP contribution is 2.53. The number of hydrogen-bond donors (Lipinski definition) is 3. The Balaban J connectivity index is 1.70. The number of anilines is 8. The number of benzene rings is 4. The highest BCUT2D eigenvalue weighted by atomic mass is 79.9. The van der Waals surface area contributed by atoms with Gasteiger partial charge in [0.2, 0.25) is 0 Å². The molecule has 0 amide bonds. The van der Waals surface area contributed by atoms with E-state index >= 15 is 0 Å². The van der Waals surface area contributed by atoms with Crippen LogP contribution in [0.3, 0.4) is 0 Å². The molecule has 4 aromatic carbocycles. The van der Waals surface area contributed by atoms with Crippen molar-refractivity contribution in [2.75, 3.05) is 21.3 Å². The smallest absolute Gasteiger partial charge is 0.0934 e. The number of halogens is 3. The van der Waals surface area contributed by atoms with Crippen molar-refractivity contribution in [3.63, 3.8) is 0 Å². The number of nitrogens with one attached hydrogen (secondary N) is 2. The molecule has 1 aliphatic heterocycles. The lowest BCUT2D eigenvalue weighted by Gasteiger charge is -2.36. The molecule has 166 valence electrons. The monoisotopic (exact) mass is 582 g/mol. The van der Waals surface area contributed by atoms with Gasteiger partial charge in [0.1, 0.15) is 0 Å². The van der Waals surface area contributed by atoms with Crippen molar-refractivity contribution >= 4 is 89.0 Å². The van der Waals surface area contributed by atoms with Crippen LogP contribution < -0.4 is 21.3 Å². The van der Waals surface area contributed by atoms with Crippen LogP contribution in [-0.2, 0) is 6.42 Å². The summed E-state index contributed by atoms with van der Waals surface area (Å²) >= 11 is 13.4. The van der Waals surface area contributed by atoms with Gasteiger partial charge in [0, 0.05) is 36.6 Å². The number of nitrogens with two attached hydrogens (primary N) is 1. The van der Waals surface area contributed by atoms with E-state index < -0.39 is 0 Å². The Morgan fingerprint density at radius 3 is 2.24 bits per heavy atom. The second-order valence-corrected chi connectivity index (χ2v) is 10.1. The first-order valence-electron chi connectivity index (χ1n) is 10.5. The minimum Gasteiger partial charge on any atom is -0.397 e. The Labute approximate surface area is 215 Å². The molecule has 0 spiro atoms. The van der Waals surface area contributed by atoms with Gasteiger partial charge in [-0.1, -0.05) is 50.4 Å². The number of nitrogens with zero attached hydrogens (tertiary/aromatic N) is 1. The zero-order chi connectivity index (χ0) is 23.1. The van der Waals surface area contributed by atoms with Crippen LogP contribution >= 0.6 is 43.5 Å². The Morgan fingerprint density at radius 1 is 0.909 bits per heavy atom. The van der Waals surface area contributed by atoms with Gasteiger partial charge in [-0.3, -0.25) is 0 Å². The number of rotatable bonds is 4. The number of fused-ring (bicyclic) bond motifs is 2. The largest absolute Gasteiger partial charge is 0.397 e. The van der Waals surface area contributed by atoms with Crippen LogP contribution in [0.25, 0.3) is 0 Å². The summed E-state index contributed by atoms with van der Waals surface area (Å²) in [5.74, 6) is 0. The standard InChI is InChI=1S/C26H21Br2ClN4/c1-2-20-21(31-18-8-3-15(27)4-9-18)14-23-26(25(20)30)33(19-10-5-16(28)6-11-19)24-12-7-17(29)13-22(24)32-23/h3-14,31-32H,2,30H2,1H3. The maximum absolute atomic E-state index is 6.87. The Bertz CT molecular complexity index is 1340. The van der Waals surface area contributed by atoms with E-state index in [-0.39, 0.29) is 0 Å². The fourth-order valence-electron chi connectivity index (χ4n) is 4.18. The predicted octanol–water partition coefficient (Wildman–Crippen LogP) is 9.28. The van der Waals surface area contributed by atoms with Gasteiger partial charge in [0.05, 0.1) is 28.4 Å². The van der Waals surface area contributed by atoms with Crippen molar-refractivity contribution in [1.82, 2.24) is 0 Å². The van der Waals surface area contributed by atoms with E-state index in [4.69, 9.17) is 17.3 Å². The molecule has 0 radical (unpaired) electrons. The maximum atomic E-state index is 6.87. The van der Waals surface area contributed by atoms with Crippen LogP contribution in [0.2, 0.25) is 5.02 Å². The van der Waals surface area contributed by atoms with Gasteiger partial charge in [0.15, 0.2) is 0 Å².